The van der Waals surface area contributed by atoms with Crippen molar-refractivity contribution in [2.45, 2.75) is 31.6 Å². The second-order valence-corrected chi connectivity index (χ2v) is 10.3. The quantitative estimate of drug-likeness (QED) is 0.669. The molecule has 2 amide bonds. The molecular formula is C18H21ClN4O4S2. The third-order valence-corrected chi connectivity index (χ3v) is 8.50. The van der Waals surface area contributed by atoms with E-state index in [1.54, 1.807) is 6.92 Å². The molecule has 0 aromatic carbocycles. The van der Waals surface area contributed by atoms with Crippen LogP contribution in [0.25, 0.3) is 0 Å². The van der Waals surface area contributed by atoms with Gasteiger partial charge in [0.15, 0.2) is 0 Å². The lowest BCUT2D eigenvalue weighted by Gasteiger charge is -2.30. The minimum atomic E-state index is -3.77. The van der Waals surface area contributed by atoms with Crippen LogP contribution in [0, 0.1) is 19.8 Å². The van der Waals surface area contributed by atoms with E-state index in [4.69, 9.17) is 17.3 Å². The highest BCUT2D eigenvalue weighted by molar-refractivity contribution is 7.89. The maximum absolute atomic E-state index is 12.8. The summed E-state index contributed by atoms with van der Waals surface area (Å²) >= 11 is 7.24. The van der Waals surface area contributed by atoms with Crippen molar-refractivity contribution in [1.82, 2.24) is 9.29 Å². The fourth-order valence-electron chi connectivity index (χ4n) is 3.29. The Labute approximate surface area is 178 Å². The van der Waals surface area contributed by atoms with Crippen molar-refractivity contribution in [3.8, 4) is 0 Å². The van der Waals surface area contributed by atoms with Gasteiger partial charge >= 0.3 is 0 Å². The van der Waals surface area contributed by atoms with E-state index in [9.17, 15) is 18.0 Å². The number of halogens is 1. The molecule has 3 rings (SSSR count). The standard InChI is InChI=1S/C18H21ClN4O4S2/c1-10-11(2)28-18(14(10)16(20)24)22-17(25)12-5-8-23(9-6-12)29(26,27)13-4-3-7-21-15(13)19/h3-4,7,12H,5-6,8-9H2,1-2H3,(H2,20,24)(H,22,25). The Balaban J connectivity index is 1.69. The molecular weight excluding hydrogens is 436 g/mol. The molecule has 29 heavy (non-hydrogen) atoms. The zero-order valence-corrected chi connectivity index (χ0v) is 18.3. The molecule has 2 aromatic rings. The van der Waals surface area contributed by atoms with Crippen molar-refractivity contribution in [3.63, 3.8) is 0 Å². The van der Waals surface area contributed by atoms with Crippen molar-refractivity contribution >= 4 is 49.8 Å². The third kappa shape index (κ3) is 4.30. The second kappa shape index (κ2) is 8.39. The number of pyridine rings is 1. The van der Waals surface area contributed by atoms with Crippen LogP contribution in [0.5, 0.6) is 0 Å². The number of rotatable bonds is 5. The SMILES string of the molecule is Cc1sc(NC(=O)C2CCN(S(=O)(=O)c3cccnc3Cl)CC2)c(C(N)=O)c1C. The largest absolute Gasteiger partial charge is 0.365 e. The number of sulfonamides is 1. The maximum Gasteiger partial charge on any atom is 0.251 e. The molecule has 1 fully saturated rings. The van der Waals surface area contributed by atoms with Gasteiger partial charge in [-0.2, -0.15) is 4.31 Å². The van der Waals surface area contributed by atoms with Crippen LogP contribution in [-0.4, -0.2) is 42.6 Å². The van der Waals surface area contributed by atoms with Crippen LogP contribution >= 0.6 is 22.9 Å². The molecule has 8 nitrogen and oxygen atoms in total. The van der Waals surface area contributed by atoms with Gasteiger partial charge in [-0.05, 0) is 44.4 Å². The van der Waals surface area contributed by atoms with E-state index in [-0.39, 0.29) is 35.0 Å². The van der Waals surface area contributed by atoms with Crippen LogP contribution < -0.4 is 11.1 Å². The first-order chi connectivity index (χ1) is 13.6. The highest BCUT2D eigenvalue weighted by Gasteiger charge is 2.34. The number of carbonyl (C=O) groups is 2. The summed E-state index contributed by atoms with van der Waals surface area (Å²) < 4.78 is 26.9. The predicted octanol–water partition coefficient (Wildman–Crippen LogP) is 2.55. The van der Waals surface area contributed by atoms with E-state index in [1.807, 2.05) is 6.92 Å². The van der Waals surface area contributed by atoms with Crippen molar-refractivity contribution in [2.24, 2.45) is 11.7 Å². The molecule has 3 N–H and O–H groups in total. The number of nitrogens with one attached hydrogen (secondary N) is 1. The fourth-order valence-corrected chi connectivity index (χ4v) is 6.25. The molecule has 0 unspecified atom stereocenters. The van der Waals surface area contributed by atoms with E-state index in [2.05, 4.69) is 10.3 Å². The van der Waals surface area contributed by atoms with Gasteiger partial charge in [0, 0.05) is 30.1 Å². The number of hydrogen-bond acceptors (Lipinski definition) is 6. The number of primary amides is 1. The van der Waals surface area contributed by atoms with Crippen LogP contribution in [0.1, 0.15) is 33.6 Å². The number of piperidine rings is 1. The lowest BCUT2D eigenvalue weighted by atomic mass is 9.97. The lowest BCUT2D eigenvalue weighted by Crippen LogP contribution is -2.41. The number of carbonyl (C=O) groups excluding carboxylic acids is 2. The lowest BCUT2D eigenvalue weighted by molar-refractivity contribution is -0.120. The number of nitrogens with zero attached hydrogens (tertiary/aromatic N) is 2. The topological polar surface area (TPSA) is 122 Å². The molecule has 0 radical (unpaired) electrons. The summed E-state index contributed by atoms with van der Waals surface area (Å²) in [6.07, 6.45) is 2.14. The predicted molar refractivity (Wildman–Crippen MR) is 112 cm³/mol. The van der Waals surface area contributed by atoms with E-state index in [0.717, 1.165) is 10.4 Å². The van der Waals surface area contributed by atoms with Gasteiger partial charge < -0.3 is 11.1 Å². The Bertz CT molecular complexity index is 1060. The number of amides is 2. The summed E-state index contributed by atoms with van der Waals surface area (Å²) in [6.45, 7) is 4.02. The Morgan fingerprint density at radius 3 is 2.55 bits per heavy atom. The van der Waals surface area contributed by atoms with Gasteiger partial charge in [-0.25, -0.2) is 13.4 Å². The third-order valence-electron chi connectivity index (χ3n) is 5.04. The molecule has 0 aliphatic carbocycles. The molecule has 0 saturated carbocycles. The summed E-state index contributed by atoms with van der Waals surface area (Å²) in [7, 11) is -3.77. The van der Waals surface area contributed by atoms with Crippen LogP contribution in [0.2, 0.25) is 5.15 Å². The minimum absolute atomic E-state index is 0.0415. The molecule has 2 aromatic heterocycles. The van der Waals surface area contributed by atoms with E-state index in [0.29, 0.717) is 23.4 Å². The van der Waals surface area contributed by atoms with Crippen LogP contribution in [-0.2, 0) is 14.8 Å². The van der Waals surface area contributed by atoms with Gasteiger partial charge in [-0.3, -0.25) is 9.59 Å². The van der Waals surface area contributed by atoms with Crippen LogP contribution in [0.15, 0.2) is 23.2 Å². The van der Waals surface area contributed by atoms with Gasteiger partial charge in [0.1, 0.15) is 15.0 Å². The minimum Gasteiger partial charge on any atom is -0.365 e. The monoisotopic (exact) mass is 456 g/mol. The summed E-state index contributed by atoms with van der Waals surface area (Å²) in [4.78, 5) is 29.1. The smallest absolute Gasteiger partial charge is 0.251 e. The molecule has 0 atom stereocenters. The first-order valence-corrected chi connectivity index (χ1v) is 11.6. The summed E-state index contributed by atoms with van der Waals surface area (Å²) in [5.74, 6) is -1.20. The zero-order valence-electron chi connectivity index (χ0n) is 15.9. The number of aromatic nitrogens is 1. The average Bonchev–Trinajstić information content (AvgIpc) is 2.95. The van der Waals surface area contributed by atoms with Gasteiger partial charge in [0.05, 0.1) is 5.56 Å². The van der Waals surface area contributed by atoms with E-state index in [1.165, 1.54) is 34.0 Å². The Morgan fingerprint density at radius 2 is 1.97 bits per heavy atom. The Morgan fingerprint density at radius 1 is 1.31 bits per heavy atom. The molecule has 1 aliphatic heterocycles. The molecule has 1 saturated heterocycles. The number of anilines is 1. The van der Waals surface area contributed by atoms with Crippen molar-refractivity contribution < 1.29 is 18.0 Å². The van der Waals surface area contributed by atoms with Crippen molar-refractivity contribution in [1.29, 1.82) is 0 Å². The summed E-state index contributed by atoms with van der Waals surface area (Å²) in [5.41, 5.74) is 6.53. The second-order valence-electron chi connectivity index (χ2n) is 6.81. The molecule has 3 heterocycles. The number of hydrogen-bond donors (Lipinski definition) is 2. The first kappa shape index (κ1) is 21.7. The Kier molecular flexibility index (Phi) is 6.27. The van der Waals surface area contributed by atoms with Gasteiger partial charge in [0.25, 0.3) is 5.91 Å². The molecule has 11 heteroatoms. The summed E-state index contributed by atoms with van der Waals surface area (Å²) in [5, 5.41) is 3.16. The van der Waals surface area contributed by atoms with Crippen molar-refractivity contribution in [2.75, 3.05) is 18.4 Å². The van der Waals surface area contributed by atoms with Gasteiger partial charge in [-0.15, -0.1) is 11.3 Å². The van der Waals surface area contributed by atoms with Gasteiger partial charge in [0.2, 0.25) is 15.9 Å². The summed E-state index contributed by atoms with van der Waals surface area (Å²) in [6, 6.07) is 2.93. The first-order valence-electron chi connectivity index (χ1n) is 8.94. The number of aryl methyl sites for hydroxylation is 1. The average molecular weight is 457 g/mol. The van der Waals surface area contributed by atoms with E-state index < -0.39 is 15.9 Å². The van der Waals surface area contributed by atoms with E-state index >= 15 is 0 Å². The van der Waals surface area contributed by atoms with Crippen LogP contribution in [0.3, 0.4) is 0 Å². The molecule has 0 spiro atoms. The normalized spacial score (nSPS) is 16.0. The van der Waals surface area contributed by atoms with Crippen molar-refractivity contribution in [3.05, 3.63) is 39.5 Å². The highest BCUT2D eigenvalue weighted by atomic mass is 35.5. The van der Waals surface area contributed by atoms with Gasteiger partial charge in [-0.1, -0.05) is 11.6 Å². The van der Waals surface area contributed by atoms with Crippen LogP contribution in [0.4, 0.5) is 5.00 Å². The highest BCUT2D eigenvalue weighted by Crippen LogP contribution is 2.33. The number of thiophene rings is 1. The molecule has 1 aliphatic rings. The molecule has 0 bridgehead atoms. The maximum atomic E-state index is 12.8. The number of nitrogens with two attached hydrogens (primary N) is 1. The fraction of sp³-hybridized carbons (Fsp3) is 0.389. The zero-order chi connectivity index (χ0) is 21.3. The molecule has 156 valence electrons. The Hall–Kier alpha value is -2.01.